The molecule has 0 spiro atoms. The van der Waals surface area contributed by atoms with Gasteiger partial charge in [0.1, 0.15) is 11.4 Å². The quantitative estimate of drug-likeness (QED) is 0.370. The lowest BCUT2D eigenvalue weighted by atomic mass is 10.1. The van der Waals surface area contributed by atoms with Crippen molar-refractivity contribution in [2.24, 2.45) is 0 Å². The number of amides is 2. The number of hydrogen-bond donors (Lipinski definition) is 2. The molecule has 180 valence electrons. The van der Waals surface area contributed by atoms with E-state index in [2.05, 4.69) is 10.6 Å². The lowest BCUT2D eigenvalue weighted by Crippen LogP contribution is -2.28. The molecule has 35 heavy (non-hydrogen) atoms. The van der Waals surface area contributed by atoms with Gasteiger partial charge >= 0.3 is 6.09 Å². The third-order valence-electron chi connectivity index (χ3n) is 4.75. The molecule has 1 aromatic heterocycles. The van der Waals surface area contributed by atoms with Crippen LogP contribution < -0.4 is 15.4 Å². The van der Waals surface area contributed by atoms with Crippen LogP contribution in [0.1, 0.15) is 43.1 Å². The summed E-state index contributed by atoms with van der Waals surface area (Å²) in [5, 5.41) is 14.4. The Bertz CT molecular complexity index is 1280. The van der Waals surface area contributed by atoms with Gasteiger partial charge in [-0.25, -0.2) is 4.79 Å². The van der Waals surface area contributed by atoms with Crippen LogP contribution in [-0.2, 0) is 9.53 Å². The molecule has 2 N–H and O–H groups in total. The lowest BCUT2D eigenvalue weighted by molar-refractivity contribution is -0.115. The van der Waals surface area contributed by atoms with Crippen LogP contribution in [0.15, 0.2) is 60.9 Å². The van der Waals surface area contributed by atoms with Gasteiger partial charge in [0.2, 0.25) is 5.91 Å². The Morgan fingerprint density at radius 3 is 2.31 bits per heavy atom. The van der Waals surface area contributed by atoms with Crippen molar-refractivity contribution < 1.29 is 23.9 Å². The van der Waals surface area contributed by atoms with Crippen LogP contribution in [0.2, 0.25) is 0 Å². The molecule has 0 fully saturated rings. The maximum absolute atomic E-state index is 12.8. The number of nitrogens with zero attached hydrogens (tertiary/aromatic N) is 2. The first-order valence-corrected chi connectivity index (χ1v) is 10.8. The van der Waals surface area contributed by atoms with E-state index in [1.54, 1.807) is 68.1 Å². The van der Waals surface area contributed by atoms with Crippen molar-refractivity contribution >= 4 is 29.2 Å². The number of anilines is 2. The summed E-state index contributed by atoms with van der Waals surface area (Å²) in [6.45, 7) is 5.20. The molecule has 0 aliphatic carbocycles. The van der Waals surface area contributed by atoms with E-state index in [-0.39, 0.29) is 16.9 Å². The number of carbonyl (C=O) groups is 3. The van der Waals surface area contributed by atoms with Crippen molar-refractivity contribution in [1.82, 2.24) is 4.57 Å². The Labute approximate surface area is 203 Å². The van der Waals surface area contributed by atoms with Crippen molar-refractivity contribution in [2.45, 2.75) is 32.8 Å². The first kappa shape index (κ1) is 25.1. The van der Waals surface area contributed by atoms with Gasteiger partial charge < -0.3 is 19.4 Å². The molecule has 2 aromatic carbocycles. The molecular weight excluding hydrogens is 448 g/mol. The number of rotatable bonds is 7. The second kappa shape index (κ2) is 10.6. The molecular formula is C26H26N4O5. The molecule has 0 unspecified atom stereocenters. The number of carbonyl (C=O) groups excluding carboxylic acids is 3. The van der Waals surface area contributed by atoms with Crippen molar-refractivity contribution in [2.75, 3.05) is 17.7 Å². The molecule has 0 bridgehead atoms. The summed E-state index contributed by atoms with van der Waals surface area (Å²) >= 11 is 0. The number of methoxy groups -OCH3 is 1. The van der Waals surface area contributed by atoms with Crippen LogP contribution >= 0.6 is 0 Å². The van der Waals surface area contributed by atoms with Crippen LogP contribution in [-0.4, -0.2) is 35.1 Å². The van der Waals surface area contributed by atoms with Crippen LogP contribution in [0.25, 0.3) is 5.69 Å². The maximum atomic E-state index is 12.8. The largest absolute Gasteiger partial charge is 0.494 e. The number of benzene rings is 2. The SMILES string of the molecule is COc1cc(NC(=O)OC(C)(C)C)c(NC(=O)CC(=O)c2cccc(C#N)c2)cc1-n1cccc1. The Balaban J connectivity index is 1.90. The second-order valence-electron chi connectivity index (χ2n) is 8.63. The molecule has 9 heteroatoms. The molecule has 0 aliphatic rings. The van der Waals surface area contributed by atoms with E-state index in [1.807, 2.05) is 18.2 Å². The molecule has 0 saturated heterocycles. The normalized spacial score (nSPS) is 10.7. The molecule has 9 nitrogen and oxygen atoms in total. The number of ketones is 1. The van der Waals surface area contributed by atoms with Gasteiger partial charge in [-0.1, -0.05) is 12.1 Å². The summed E-state index contributed by atoms with van der Waals surface area (Å²) in [6, 6.07) is 15.0. The predicted molar refractivity (Wildman–Crippen MR) is 131 cm³/mol. The fraction of sp³-hybridized carbons (Fsp3) is 0.231. The lowest BCUT2D eigenvalue weighted by Gasteiger charge is -2.21. The van der Waals surface area contributed by atoms with Gasteiger partial charge in [0, 0.05) is 24.0 Å². The Hall–Kier alpha value is -4.58. The van der Waals surface area contributed by atoms with Gasteiger partial charge in [0.05, 0.1) is 42.2 Å². The molecule has 2 amide bonds. The highest BCUT2D eigenvalue weighted by Crippen LogP contribution is 2.34. The van der Waals surface area contributed by atoms with E-state index >= 15 is 0 Å². The zero-order chi connectivity index (χ0) is 25.6. The minimum atomic E-state index is -0.729. The van der Waals surface area contributed by atoms with E-state index in [4.69, 9.17) is 14.7 Å². The van der Waals surface area contributed by atoms with Crippen molar-refractivity contribution in [3.63, 3.8) is 0 Å². The maximum Gasteiger partial charge on any atom is 0.412 e. The summed E-state index contributed by atoms with van der Waals surface area (Å²) in [5.41, 5.74) is 0.951. The highest BCUT2D eigenvalue weighted by molar-refractivity contribution is 6.12. The van der Waals surface area contributed by atoms with E-state index in [0.717, 1.165) is 0 Å². The third kappa shape index (κ3) is 6.71. The van der Waals surface area contributed by atoms with E-state index in [0.29, 0.717) is 17.0 Å². The molecule has 0 aliphatic heterocycles. The van der Waals surface area contributed by atoms with E-state index in [9.17, 15) is 14.4 Å². The van der Waals surface area contributed by atoms with Gasteiger partial charge in [0.15, 0.2) is 5.78 Å². The summed E-state index contributed by atoms with van der Waals surface area (Å²) < 4.78 is 12.6. The average molecular weight is 475 g/mol. The highest BCUT2D eigenvalue weighted by atomic mass is 16.6. The van der Waals surface area contributed by atoms with Crippen molar-refractivity contribution in [3.05, 3.63) is 72.1 Å². The highest BCUT2D eigenvalue weighted by Gasteiger charge is 2.21. The topological polar surface area (TPSA) is 122 Å². The zero-order valence-corrected chi connectivity index (χ0v) is 19.9. The summed E-state index contributed by atoms with van der Waals surface area (Å²) in [7, 11) is 1.49. The minimum absolute atomic E-state index is 0.235. The van der Waals surface area contributed by atoms with Crippen LogP contribution in [0.4, 0.5) is 16.2 Å². The monoisotopic (exact) mass is 474 g/mol. The van der Waals surface area contributed by atoms with Crippen LogP contribution in [0.5, 0.6) is 5.75 Å². The number of Topliss-reactive ketones (excluding diaryl/α,β-unsaturated/α-hetero) is 1. The Kier molecular flexibility index (Phi) is 7.56. The standard InChI is InChI=1S/C26H26N4O5/c1-26(2,3)35-25(33)29-20-14-23(34-4)21(30-10-5-6-11-30)13-19(20)28-24(32)15-22(31)18-9-7-8-17(12-18)16-27/h5-14H,15H2,1-4H3,(H,28,32)(H,29,33). The smallest absolute Gasteiger partial charge is 0.412 e. The molecule has 1 heterocycles. The number of nitriles is 1. The fourth-order valence-electron chi connectivity index (χ4n) is 3.25. The van der Waals surface area contributed by atoms with Crippen LogP contribution in [0.3, 0.4) is 0 Å². The summed E-state index contributed by atoms with van der Waals surface area (Å²) in [5.74, 6) is -0.594. The number of aromatic nitrogens is 1. The number of nitrogens with one attached hydrogen (secondary N) is 2. The summed E-state index contributed by atoms with van der Waals surface area (Å²) in [6.07, 6.45) is 2.44. The molecule has 0 atom stereocenters. The second-order valence-corrected chi connectivity index (χ2v) is 8.63. The number of ether oxygens (including phenoxy) is 2. The van der Waals surface area contributed by atoms with Gasteiger partial charge in [-0.15, -0.1) is 0 Å². The number of hydrogen-bond acceptors (Lipinski definition) is 6. The molecule has 0 radical (unpaired) electrons. The Morgan fingerprint density at radius 1 is 1.00 bits per heavy atom. The predicted octanol–water partition coefficient (Wildman–Crippen LogP) is 4.92. The molecule has 3 aromatic rings. The van der Waals surface area contributed by atoms with E-state index in [1.165, 1.54) is 13.2 Å². The molecule has 0 saturated carbocycles. The first-order chi connectivity index (χ1) is 16.6. The minimum Gasteiger partial charge on any atom is -0.494 e. The van der Waals surface area contributed by atoms with Gasteiger partial charge in [-0.05, 0) is 51.1 Å². The molecule has 3 rings (SSSR count). The van der Waals surface area contributed by atoms with Gasteiger partial charge in [-0.2, -0.15) is 5.26 Å². The Morgan fingerprint density at radius 2 is 1.69 bits per heavy atom. The van der Waals surface area contributed by atoms with Crippen molar-refractivity contribution in [1.29, 1.82) is 5.26 Å². The third-order valence-corrected chi connectivity index (χ3v) is 4.75. The van der Waals surface area contributed by atoms with Gasteiger partial charge in [-0.3, -0.25) is 14.9 Å². The summed E-state index contributed by atoms with van der Waals surface area (Å²) in [4.78, 5) is 37.8. The van der Waals surface area contributed by atoms with Crippen LogP contribution in [0, 0.1) is 11.3 Å². The average Bonchev–Trinajstić information content (AvgIpc) is 3.33. The first-order valence-electron chi connectivity index (χ1n) is 10.8. The zero-order valence-electron chi connectivity index (χ0n) is 19.9. The fourth-order valence-corrected chi connectivity index (χ4v) is 3.25. The van der Waals surface area contributed by atoms with E-state index < -0.39 is 29.8 Å². The van der Waals surface area contributed by atoms with Gasteiger partial charge in [0.25, 0.3) is 0 Å². The van der Waals surface area contributed by atoms with Crippen molar-refractivity contribution in [3.8, 4) is 17.5 Å².